The molecule has 3 rings (SSSR count). The Kier molecular flexibility index (Phi) is 3.98. The van der Waals surface area contributed by atoms with E-state index in [0.717, 1.165) is 18.5 Å². The van der Waals surface area contributed by atoms with Crippen LogP contribution in [0.2, 0.25) is 0 Å². The highest BCUT2D eigenvalue weighted by Crippen LogP contribution is 2.35. The molecule has 1 aromatic rings. The topological polar surface area (TPSA) is 32.3 Å². The Morgan fingerprint density at radius 3 is 2.52 bits per heavy atom. The maximum absolute atomic E-state index is 13.1. The van der Waals surface area contributed by atoms with Crippen LogP contribution < -0.4 is 5.32 Å². The first-order valence-electron chi connectivity index (χ1n) is 7.86. The first-order chi connectivity index (χ1) is 10.0. The minimum Gasteiger partial charge on any atom is -0.321 e. The van der Waals surface area contributed by atoms with Gasteiger partial charge in [0.2, 0.25) is 5.91 Å². The van der Waals surface area contributed by atoms with E-state index in [9.17, 15) is 9.18 Å². The van der Waals surface area contributed by atoms with E-state index in [1.54, 1.807) is 12.1 Å². The van der Waals surface area contributed by atoms with Gasteiger partial charge in [-0.2, -0.15) is 0 Å². The van der Waals surface area contributed by atoms with Crippen LogP contribution in [0.3, 0.4) is 0 Å². The minimum absolute atomic E-state index is 0.109. The fourth-order valence-corrected chi connectivity index (χ4v) is 3.01. The number of rotatable bonds is 5. The largest absolute Gasteiger partial charge is 0.321 e. The summed E-state index contributed by atoms with van der Waals surface area (Å²) in [6, 6.07) is 6.37. The molecule has 2 unspecified atom stereocenters. The van der Waals surface area contributed by atoms with Gasteiger partial charge in [-0.25, -0.2) is 4.39 Å². The van der Waals surface area contributed by atoms with Gasteiger partial charge >= 0.3 is 0 Å². The van der Waals surface area contributed by atoms with Crippen LogP contribution >= 0.6 is 0 Å². The highest BCUT2D eigenvalue weighted by Gasteiger charge is 2.41. The molecule has 0 bridgehead atoms. The number of carbonyl (C=O) groups excluding carboxylic acids is 1. The van der Waals surface area contributed by atoms with Gasteiger partial charge in [0.25, 0.3) is 0 Å². The van der Waals surface area contributed by atoms with Gasteiger partial charge in [0.1, 0.15) is 12.0 Å². The molecule has 21 heavy (non-hydrogen) atoms. The third-order valence-corrected chi connectivity index (χ3v) is 4.30. The molecule has 1 aromatic carbocycles. The van der Waals surface area contributed by atoms with Crippen molar-refractivity contribution in [1.82, 2.24) is 10.2 Å². The zero-order valence-corrected chi connectivity index (χ0v) is 12.7. The number of benzene rings is 1. The number of amides is 1. The van der Waals surface area contributed by atoms with Crippen molar-refractivity contribution in [3.05, 3.63) is 35.6 Å². The lowest BCUT2D eigenvalue weighted by Gasteiger charge is -2.24. The quantitative estimate of drug-likeness (QED) is 0.904. The zero-order valence-electron chi connectivity index (χ0n) is 12.7. The molecule has 3 nitrogen and oxygen atoms in total. The third-order valence-electron chi connectivity index (χ3n) is 4.30. The summed E-state index contributed by atoms with van der Waals surface area (Å²) in [6.45, 7) is 5.08. The Morgan fingerprint density at radius 1 is 1.29 bits per heavy atom. The van der Waals surface area contributed by atoms with Gasteiger partial charge in [-0.05, 0) is 48.8 Å². The van der Waals surface area contributed by atoms with Gasteiger partial charge in [-0.1, -0.05) is 26.0 Å². The van der Waals surface area contributed by atoms with E-state index in [0.29, 0.717) is 11.8 Å². The molecule has 2 aliphatic rings. The summed E-state index contributed by atoms with van der Waals surface area (Å²) < 4.78 is 13.1. The van der Waals surface area contributed by atoms with Crippen LogP contribution in [-0.4, -0.2) is 23.4 Å². The average Bonchev–Trinajstić information content (AvgIpc) is 3.20. The SMILES string of the molecule is CC(C)CC1NC(c2ccc(F)cc2)N(CC2CC2)C1=O. The maximum atomic E-state index is 13.1. The van der Waals surface area contributed by atoms with Crippen LogP contribution in [0.25, 0.3) is 0 Å². The molecule has 2 atom stereocenters. The molecule has 1 heterocycles. The first kappa shape index (κ1) is 14.5. The van der Waals surface area contributed by atoms with Crippen LogP contribution in [-0.2, 0) is 4.79 Å². The monoisotopic (exact) mass is 290 g/mol. The number of carbonyl (C=O) groups is 1. The summed E-state index contributed by atoms with van der Waals surface area (Å²) >= 11 is 0. The minimum atomic E-state index is -0.240. The Labute approximate surface area is 125 Å². The smallest absolute Gasteiger partial charge is 0.241 e. The van der Waals surface area contributed by atoms with Crippen molar-refractivity contribution in [2.75, 3.05) is 6.54 Å². The number of nitrogens with one attached hydrogen (secondary N) is 1. The summed E-state index contributed by atoms with van der Waals surface area (Å²) in [7, 11) is 0. The fraction of sp³-hybridized carbons (Fsp3) is 0.588. The van der Waals surface area contributed by atoms with E-state index in [2.05, 4.69) is 19.2 Å². The second-order valence-electron chi connectivity index (χ2n) is 6.74. The van der Waals surface area contributed by atoms with Crippen molar-refractivity contribution in [3.63, 3.8) is 0 Å². The first-order valence-corrected chi connectivity index (χ1v) is 7.86. The standard InChI is InChI=1S/C17H23FN2O/c1-11(2)9-15-17(21)20(10-12-3-4-12)16(19-15)13-5-7-14(18)8-6-13/h5-8,11-12,15-16,19H,3-4,9-10H2,1-2H3. The van der Waals surface area contributed by atoms with Gasteiger partial charge in [0.15, 0.2) is 0 Å². The van der Waals surface area contributed by atoms with Crippen molar-refractivity contribution in [2.24, 2.45) is 11.8 Å². The highest BCUT2D eigenvalue weighted by atomic mass is 19.1. The summed E-state index contributed by atoms with van der Waals surface area (Å²) in [4.78, 5) is 14.6. The molecular weight excluding hydrogens is 267 g/mol. The molecule has 1 N–H and O–H groups in total. The molecule has 0 spiro atoms. The van der Waals surface area contributed by atoms with Gasteiger partial charge in [-0.3, -0.25) is 10.1 Å². The van der Waals surface area contributed by atoms with Crippen LogP contribution in [0.5, 0.6) is 0 Å². The summed E-state index contributed by atoms with van der Waals surface area (Å²) in [5, 5.41) is 3.44. The molecule has 0 aromatic heterocycles. The maximum Gasteiger partial charge on any atom is 0.241 e. The Hall–Kier alpha value is -1.42. The van der Waals surface area contributed by atoms with E-state index < -0.39 is 0 Å². The average molecular weight is 290 g/mol. The molecule has 1 aliphatic carbocycles. The lowest BCUT2D eigenvalue weighted by molar-refractivity contribution is -0.130. The van der Waals surface area contributed by atoms with Crippen molar-refractivity contribution in [1.29, 1.82) is 0 Å². The van der Waals surface area contributed by atoms with E-state index in [-0.39, 0.29) is 23.9 Å². The lowest BCUT2D eigenvalue weighted by atomic mass is 10.0. The molecule has 4 heteroatoms. The number of halogens is 1. The van der Waals surface area contributed by atoms with Crippen molar-refractivity contribution >= 4 is 5.91 Å². The second kappa shape index (κ2) is 5.76. The summed E-state index contributed by atoms with van der Waals surface area (Å²) in [6.07, 6.45) is 3.17. The van der Waals surface area contributed by atoms with Crippen LogP contribution in [0.4, 0.5) is 4.39 Å². The summed E-state index contributed by atoms with van der Waals surface area (Å²) in [5.74, 6) is 1.08. The van der Waals surface area contributed by atoms with Crippen LogP contribution in [0.15, 0.2) is 24.3 Å². The van der Waals surface area contributed by atoms with Gasteiger partial charge in [0.05, 0.1) is 6.04 Å². The van der Waals surface area contributed by atoms with Gasteiger partial charge in [-0.15, -0.1) is 0 Å². The predicted octanol–water partition coefficient (Wildman–Crippen LogP) is 3.08. The van der Waals surface area contributed by atoms with Crippen molar-refractivity contribution in [3.8, 4) is 0 Å². The Bertz CT molecular complexity index is 510. The fourth-order valence-electron chi connectivity index (χ4n) is 3.01. The molecule has 0 radical (unpaired) electrons. The normalized spacial score (nSPS) is 25.9. The number of hydrogen-bond acceptors (Lipinski definition) is 2. The molecule has 1 amide bonds. The Morgan fingerprint density at radius 2 is 1.95 bits per heavy atom. The van der Waals surface area contributed by atoms with Gasteiger partial charge < -0.3 is 4.90 Å². The number of nitrogens with zero attached hydrogens (tertiary/aromatic N) is 1. The molecular formula is C17H23FN2O. The third kappa shape index (κ3) is 3.26. The zero-order chi connectivity index (χ0) is 15.0. The summed E-state index contributed by atoms with van der Waals surface area (Å²) in [5.41, 5.74) is 0.969. The van der Waals surface area contributed by atoms with Crippen molar-refractivity contribution < 1.29 is 9.18 Å². The van der Waals surface area contributed by atoms with E-state index in [4.69, 9.17) is 0 Å². The predicted molar refractivity (Wildman–Crippen MR) is 80.0 cm³/mol. The van der Waals surface area contributed by atoms with E-state index >= 15 is 0 Å². The molecule has 1 aliphatic heterocycles. The lowest BCUT2D eigenvalue weighted by Crippen LogP contribution is -2.33. The van der Waals surface area contributed by atoms with Crippen molar-refractivity contribution in [2.45, 2.75) is 45.3 Å². The molecule has 1 saturated heterocycles. The molecule has 1 saturated carbocycles. The van der Waals surface area contributed by atoms with Crippen LogP contribution in [0, 0.1) is 17.7 Å². The second-order valence-corrected chi connectivity index (χ2v) is 6.74. The Balaban J connectivity index is 1.81. The van der Waals surface area contributed by atoms with E-state index in [1.165, 1.54) is 25.0 Å². The van der Waals surface area contributed by atoms with Crippen LogP contribution in [0.1, 0.15) is 44.8 Å². The van der Waals surface area contributed by atoms with E-state index in [1.807, 2.05) is 4.90 Å². The number of hydrogen-bond donors (Lipinski definition) is 1. The van der Waals surface area contributed by atoms with Gasteiger partial charge in [0, 0.05) is 6.54 Å². The molecule has 114 valence electrons. The molecule has 2 fully saturated rings. The highest BCUT2D eigenvalue weighted by molar-refractivity contribution is 5.84.